The second-order valence-electron chi connectivity index (χ2n) is 8.47. The Hall–Kier alpha value is -3.97. The third-order valence-corrected chi connectivity index (χ3v) is 6.75. The molecule has 0 fully saturated rings. The van der Waals surface area contributed by atoms with Gasteiger partial charge in [0, 0.05) is 22.8 Å². The van der Waals surface area contributed by atoms with Gasteiger partial charge in [0.2, 0.25) is 5.76 Å². The van der Waals surface area contributed by atoms with Crippen molar-refractivity contribution in [2.45, 2.75) is 26.8 Å². The van der Waals surface area contributed by atoms with Crippen LogP contribution in [0.1, 0.15) is 44.4 Å². The lowest BCUT2D eigenvalue weighted by Crippen LogP contribution is -2.29. The van der Waals surface area contributed by atoms with E-state index in [0.29, 0.717) is 27.2 Å². The number of hydrogen-bond acceptors (Lipinski definition) is 5. The number of benzene rings is 3. The summed E-state index contributed by atoms with van der Waals surface area (Å²) in [6.07, 6.45) is 0. The highest BCUT2D eigenvalue weighted by molar-refractivity contribution is 6.31. The Morgan fingerprint density at radius 3 is 2.26 bits per heavy atom. The fourth-order valence-corrected chi connectivity index (χ4v) is 4.49. The average molecular weight is 475 g/mol. The number of fused-ring (bicyclic) bond motifs is 2. The zero-order valence-electron chi connectivity index (χ0n) is 18.6. The molecule has 5 rings (SSSR count). The highest BCUT2D eigenvalue weighted by Crippen LogP contribution is 2.42. The van der Waals surface area contributed by atoms with E-state index in [0.717, 1.165) is 16.7 Å². The molecule has 0 radical (unpaired) electrons. The molecule has 170 valence electrons. The minimum atomic E-state index is -0.829. The number of carbonyl (C=O) groups excluding carboxylic acids is 1. The summed E-state index contributed by atoms with van der Waals surface area (Å²) in [6, 6.07) is 13.7. The maximum atomic E-state index is 13.7. The van der Waals surface area contributed by atoms with E-state index in [1.54, 1.807) is 42.5 Å². The molecule has 0 N–H and O–H groups in total. The summed E-state index contributed by atoms with van der Waals surface area (Å²) in [5, 5.41) is 12.0. The zero-order chi connectivity index (χ0) is 24.3. The molecule has 8 heteroatoms. The molecule has 1 atom stereocenters. The van der Waals surface area contributed by atoms with Gasteiger partial charge in [0.05, 0.1) is 21.9 Å². The molecular formula is C26H19ClN2O5. The summed E-state index contributed by atoms with van der Waals surface area (Å²) in [6.45, 7) is 5.66. The number of amides is 1. The molecule has 1 amide bonds. The van der Waals surface area contributed by atoms with Gasteiger partial charge in [0.1, 0.15) is 5.58 Å². The second-order valence-corrected chi connectivity index (χ2v) is 8.87. The first-order valence-corrected chi connectivity index (χ1v) is 11.0. The molecular weight excluding hydrogens is 456 g/mol. The number of nitro groups is 1. The van der Waals surface area contributed by atoms with Crippen LogP contribution in [0.25, 0.3) is 11.0 Å². The zero-order valence-corrected chi connectivity index (χ0v) is 19.3. The number of non-ortho nitro benzene ring substituents is 1. The number of anilines is 1. The first kappa shape index (κ1) is 21.9. The topological polar surface area (TPSA) is 93.7 Å². The minimum Gasteiger partial charge on any atom is -0.450 e. The van der Waals surface area contributed by atoms with E-state index in [1.165, 1.54) is 17.0 Å². The van der Waals surface area contributed by atoms with Gasteiger partial charge >= 0.3 is 0 Å². The number of halogens is 1. The molecule has 0 saturated heterocycles. The molecule has 4 aromatic rings. The molecule has 0 aliphatic carbocycles. The van der Waals surface area contributed by atoms with Crippen LogP contribution < -0.4 is 10.3 Å². The van der Waals surface area contributed by atoms with E-state index < -0.39 is 16.9 Å². The van der Waals surface area contributed by atoms with Gasteiger partial charge in [-0.1, -0.05) is 17.7 Å². The van der Waals surface area contributed by atoms with E-state index in [-0.39, 0.29) is 22.4 Å². The molecule has 34 heavy (non-hydrogen) atoms. The Morgan fingerprint density at radius 2 is 1.62 bits per heavy atom. The lowest BCUT2D eigenvalue weighted by Gasteiger charge is -2.25. The predicted molar refractivity (Wildman–Crippen MR) is 130 cm³/mol. The van der Waals surface area contributed by atoms with Crippen LogP contribution in [0.15, 0.2) is 63.8 Å². The van der Waals surface area contributed by atoms with E-state index in [1.807, 2.05) is 20.8 Å². The molecule has 0 spiro atoms. The number of nitrogens with zero attached hydrogens (tertiary/aromatic N) is 2. The van der Waals surface area contributed by atoms with Crippen LogP contribution in [-0.2, 0) is 0 Å². The first-order chi connectivity index (χ1) is 16.2. The van der Waals surface area contributed by atoms with Crippen LogP contribution in [0.4, 0.5) is 11.4 Å². The maximum absolute atomic E-state index is 13.7. The Labute approximate surface area is 199 Å². The summed E-state index contributed by atoms with van der Waals surface area (Å²) in [5.41, 5.74) is 3.89. The van der Waals surface area contributed by atoms with Crippen LogP contribution >= 0.6 is 11.6 Å². The quantitative estimate of drug-likeness (QED) is 0.267. The number of rotatable bonds is 3. The smallest absolute Gasteiger partial charge is 0.295 e. The van der Waals surface area contributed by atoms with Crippen LogP contribution in [0.3, 0.4) is 0 Å². The van der Waals surface area contributed by atoms with Crippen molar-refractivity contribution in [3.8, 4) is 0 Å². The molecule has 7 nitrogen and oxygen atoms in total. The van der Waals surface area contributed by atoms with Crippen molar-refractivity contribution < 1.29 is 14.1 Å². The van der Waals surface area contributed by atoms with Gasteiger partial charge in [-0.25, -0.2) is 0 Å². The van der Waals surface area contributed by atoms with E-state index >= 15 is 0 Å². The maximum Gasteiger partial charge on any atom is 0.295 e. The Kier molecular flexibility index (Phi) is 5.02. The van der Waals surface area contributed by atoms with Crippen LogP contribution in [0, 0.1) is 30.9 Å². The van der Waals surface area contributed by atoms with E-state index in [2.05, 4.69) is 0 Å². The molecule has 1 aliphatic heterocycles. The van der Waals surface area contributed by atoms with Gasteiger partial charge in [-0.3, -0.25) is 24.6 Å². The molecule has 0 saturated carbocycles. The Balaban J connectivity index is 1.80. The van der Waals surface area contributed by atoms with Gasteiger partial charge < -0.3 is 4.42 Å². The van der Waals surface area contributed by atoms with Crippen molar-refractivity contribution in [2.75, 3.05) is 4.90 Å². The molecule has 2 heterocycles. The van der Waals surface area contributed by atoms with Crippen molar-refractivity contribution in [1.82, 2.24) is 0 Å². The monoisotopic (exact) mass is 474 g/mol. The largest absolute Gasteiger partial charge is 0.450 e. The summed E-state index contributed by atoms with van der Waals surface area (Å²) < 4.78 is 6.02. The standard InChI is InChI=1S/C26H19ClN2O5/c1-13-4-7-18(12-20(13)27)28-23(16-5-8-17(9-6-16)29(32)33)22-24(30)19-10-14(2)15(3)11-21(19)34-25(22)26(28)31/h4-12,23H,1-3H3. The van der Waals surface area contributed by atoms with Crippen molar-refractivity contribution in [3.63, 3.8) is 0 Å². The number of hydrogen-bond donors (Lipinski definition) is 0. The average Bonchev–Trinajstić information content (AvgIpc) is 3.10. The normalized spacial score (nSPS) is 15.1. The molecule has 3 aromatic carbocycles. The second kappa shape index (κ2) is 7.81. The highest BCUT2D eigenvalue weighted by Gasteiger charge is 2.44. The lowest BCUT2D eigenvalue weighted by atomic mass is 9.97. The summed E-state index contributed by atoms with van der Waals surface area (Å²) in [5.74, 6) is -0.517. The van der Waals surface area contributed by atoms with Gasteiger partial charge in [0.15, 0.2) is 5.43 Å². The predicted octanol–water partition coefficient (Wildman–Crippen LogP) is 6.03. The SMILES string of the molecule is Cc1cc2oc3c(c(=O)c2cc1C)C(c1ccc([N+](=O)[O-])cc1)N(c1ccc(C)c(Cl)c1)C3=O. The third kappa shape index (κ3) is 3.28. The first-order valence-electron chi connectivity index (χ1n) is 10.6. The molecule has 1 unspecified atom stereocenters. The van der Waals surface area contributed by atoms with Crippen molar-refractivity contribution in [2.24, 2.45) is 0 Å². The fraction of sp³-hybridized carbons (Fsp3) is 0.154. The molecule has 1 aromatic heterocycles. The van der Waals surface area contributed by atoms with Crippen LogP contribution in [0.5, 0.6) is 0 Å². The van der Waals surface area contributed by atoms with E-state index in [9.17, 15) is 19.7 Å². The van der Waals surface area contributed by atoms with Gasteiger partial charge in [-0.05, 0) is 79.4 Å². The van der Waals surface area contributed by atoms with Crippen LogP contribution in [-0.4, -0.2) is 10.8 Å². The minimum absolute atomic E-state index is 0.0409. The Morgan fingerprint density at radius 1 is 0.941 bits per heavy atom. The van der Waals surface area contributed by atoms with Crippen molar-refractivity contribution >= 4 is 39.9 Å². The van der Waals surface area contributed by atoms with Gasteiger partial charge in [0.25, 0.3) is 11.6 Å². The van der Waals surface area contributed by atoms with Gasteiger partial charge in [-0.15, -0.1) is 0 Å². The highest BCUT2D eigenvalue weighted by atomic mass is 35.5. The number of nitro benzene ring substituents is 1. The van der Waals surface area contributed by atoms with Gasteiger partial charge in [-0.2, -0.15) is 0 Å². The van der Waals surface area contributed by atoms with Crippen molar-refractivity contribution in [3.05, 3.63) is 114 Å². The molecule has 1 aliphatic rings. The summed E-state index contributed by atoms with van der Waals surface area (Å²) in [4.78, 5) is 39.5. The Bertz CT molecular complexity index is 1570. The summed E-state index contributed by atoms with van der Waals surface area (Å²) >= 11 is 6.35. The van der Waals surface area contributed by atoms with Crippen molar-refractivity contribution in [1.29, 1.82) is 0 Å². The lowest BCUT2D eigenvalue weighted by molar-refractivity contribution is -0.384. The molecule has 0 bridgehead atoms. The van der Waals surface area contributed by atoms with Crippen LogP contribution in [0.2, 0.25) is 5.02 Å². The number of aryl methyl sites for hydroxylation is 3. The fourth-order valence-electron chi connectivity index (χ4n) is 4.32. The summed E-state index contributed by atoms with van der Waals surface area (Å²) in [7, 11) is 0. The third-order valence-electron chi connectivity index (χ3n) is 6.34. The number of carbonyl (C=O) groups is 1. The van der Waals surface area contributed by atoms with E-state index in [4.69, 9.17) is 16.0 Å².